The van der Waals surface area contributed by atoms with Crippen molar-refractivity contribution in [1.82, 2.24) is 14.6 Å². The summed E-state index contributed by atoms with van der Waals surface area (Å²) in [4.78, 5) is 18.8. The van der Waals surface area contributed by atoms with Gasteiger partial charge in [0, 0.05) is 18.8 Å². The lowest BCUT2D eigenvalue weighted by atomic mass is 9.94. The molecular formula is C16H16N4O2S. The number of rotatable bonds is 2. The highest BCUT2D eigenvalue weighted by Gasteiger charge is 2.35. The van der Waals surface area contributed by atoms with Crippen molar-refractivity contribution in [1.29, 1.82) is 0 Å². The molecule has 1 unspecified atom stereocenters. The van der Waals surface area contributed by atoms with E-state index in [1.165, 1.54) is 28.1 Å². The maximum atomic E-state index is 11.8. The largest absolute Gasteiger partial charge is 0.367 e. The lowest BCUT2D eigenvalue weighted by Gasteiger charge is -2.40. The quantitative estimate of drug-likeness (QED) is 0.719. The first-order valence-corrected chi connectivity index (χ1v) is 8.27. The molecule has 0 N–H and O–H groups in total. The molecule has 1 aromatic carbocycles. The van der Waals surface area contributed by atoms with Crippen molar-refractivity contribution >= 4 is 21.4 Å². The van der Waals surface area contributed by atoms with E-state index in [0.717, 1.165) is 17.2 Å². The molecule has 1 aliphatic rings. The van der Waals surface area contributed by atoms with Crippen LogP contribution in [0.3, 0.4) is 0 Å². The molecule has 0 bridgehead atoms. The lowest BCUT2D eigenvalue weighted by molar-refractivity contribution is -0.0466. The van der Waals surface area contributed by atoms with Crippen LogP contribution in [0.25, 0.3) is 4.96 Å². The van der Waals surface area contributed by atoms with E-state index in [-0.39, 0.29) is 5.56 Å². The molecule has 1 saturated heterocycles. The number of morpholine rings is 1. The van der Waals surface area contributed by atoms with Crippen LogP contribution >= 0.6 is 11.3 Å². The molecule has 7 heteroatoms. The Morgan fingerprint density at radius 2 is 2.09 bits per heavy atom. The third-order valence-corrected chi connectivity index (χ3v) is 5.07. The van der Waals surface area contributed by atoms with Crippen molar-refractivity contribution in [2.24, 2.45) is 0 Å². The number of hydrogen-bond acceptors (Lipinski definition) is 6. The van der Waals surface area contributed by atoms with Gasteiger partial charge in [-0.2, -0.15) is 4.52 Å². The first-order valence-electron chi connectivity index (χ1n) is 7.45. The Morgan fingerprint density at radius 1 is 1.26 bits per heavy atom. The summed E-state index contributed by atoms with van der Waals surface area (Å²) in [5.74, 6) is 0. The highest BCUT2D eigenvalue weighted by Crippen LogP contribution is 2.32. The Kier molecular flexibility index (Phi) is 3.39. The van der Waals surface area contributed by atoms with Crippen LogP contribution in [-0.2, 0) is 10.3 Å². The molecule has 3 aromatic rings. The van der Waals surface area contributed by atoms with Gasteiger partial charge in [-0.15, -0.1) is 5.10 Å². The second kappa shape index (κ2) is 5.43. The van der Waals surface area contributed by atoms with Crippen LogP contribution < -0.4 is 10.5 Å². The van der Waals surface area contributed by atoms with Crippen molar-refractivity contribution in [3.63, 3.8) is 0 Å². The number of anilines is 1. The predicted octanol–water partition coefficient (Wildman–Crippen LogP) is 1.90. The van der Waals surface area contributed by atoms with E-state index in [9.17, 15) is 4.79 Å². The second-order valence-corrected chi connectivity index (χ2v) is 6.66. The van der Waals surface area contributed by atoms with Crippen LogP contribution in [0.4, 0.5) is 5.13 Å². The van der Waals surface area contributed by atoms with Crippen molar-refractivity contribution in [2.75, 3.05) is 24.6 Å². The van der Waals surface area contributed by atoms with Gasteiger partial charge >= 0.3 is 0 Å². The topological polar surface area (TPSA) is 59.7 Å². The van der Waals surface area contributed by atoms with E-state index in [0.29, 0.717) is 18.1 Å². The van der Waals surface area contributed by atoms with Crippen molar-refractivity contribution < 1.29 is 4.74 Å². The average Bonchev–Trinajstić information content (AvgIpc) is 3.02. The van der Waals surface area contributed by atoms with E-state index in [1.807, 2.05) is 18.2 Å². The summed E-state index contributed by atoms with van der Waals surface area (Å²) in [6.45, 7) is 4.14. The van der Waals surface area contributed by atoms with Crippen LogP contribution in [0.5, 0.6) is 0 Å². The zero-order valence-electron chi connectivity index (χ0n) is 12.7. The first kappa shape index (κ1) is 14.3. The Balaban J connectivity index is 1.69. The molecule has 4 rings (SSSR count). The fourth-order valence-corrected chi connectivity index (χ4v) is 3.76. The SMILES string of the molecule is CC1(c2ccccc2)CN(c2nn3c(=O)ccnc3s2)CCO1. The van der Waals surface area contributed by atoms with E-state index >= 15 is 0 Å². The third kappa shape index (κ3) is 2.51. The zero-order valence-corrected chi connectivity index (χ0v) is 13.5. The van der Waals surface area contributed by atoms with Gasteiger partial charge in [0.1, 0.15) is 5.60 Å². The number of nitrogens with zero attached hydrogens (tertiary/aromatic N) is 4. The van der Waals surface area contributed by atoms with Crippen molar-refractivity contribution in [2.45, 2.75) is 12.5 Å². The van der Waals surface area contributed by atoms with Gasteiger partial charge in [-0.25, -0.2) is 4.98 Å². The monoisotopic (exact) mass is 328 g/mol. The minimum Gasteiger partial charge on any atom is -0.367 e. The van der Waals surface area contributed by atoms with E-state index in [2.05, 4.69) is 34.0 Å². The molecule has 1 fully saturated rings. The Labute approximate surface area is 137 Å². The van der Waals surface area contributed by atoms with Gasteiger partial charge in [0.15, 0.2) is 0 Å². The molecule has 0 amide bonds. The van der Waals surface area contributed by atoms with Crippen LogP contribution in [0.2, 0.25) is 0 Å². The van der Waals surface area contributed by atoms with Gasteiger partial charge in [0.25, 0.3) is 5.56 Å². The molecule has 1 aliphatic heterocycles. The van der Waals surface area contributed by atoms with Gasteiger partial charge in [0.2, 0.25) is 10.1 Å². The number of benzene rings is 1. The molecular weight excluding hydrogens is 312 g/mol. The third-order valence-electron chi connectivity index (χ3n) is 4.09. The molecule has 0 radical (unpaired) electrons. The highest BCUT2D eigenvalue weighted by molar-refractivity contribution is 7.20. The minimum absolute atomic E-state index is 0.156. The van der Waals surface area contributed by atoms with Gasteiger partial charge in [-0.05, 0) is 12.5 Å². The summed E-state index contributed by atoms with van der Waals surface area (Å²) in [5.41, 5.74) is 0.591. The van der Waals surface area contributed by atoms with Crippen LogP contribution in [0.15, 0.2) is 47.4 Å². The predicted molar refractivity (Wildman–Crippen MR) is 89.1 cm³/mol. The highest BCUT2D eigenvalue weighted by atomic mass is 32.1. The van der Waals surface area contributed by atoms with E-state index < -0.39 is 5.60 Å². The van der Waals surface area contributed by atoms with Gasteiger partial charge < -0.3 is 9.64 Å². The summed E-state index contributed by atoms with van der Waals surface area (Å²) in [5, 5.41) is 5.22. The van der Waals surface area contributed by atoms with Crippen LogP contribution in [0, 0.1) is 0 Å². The molecule has 0 saturated carbocycles. The average molecular weight is 328 g/mol. The molecule has 6 nitrogen and oxygen atoms in total. The molecule has 23 heavy (non-hydrogen) atoms. The van der Waals surface area contributed by atoms with E-state index in [1.54, 1.807) is 0 Å². The maximum absolute atomic E-state index is 11.8. The number of hydrogen-bond donors (Lipinski definition) is 0. The smallest absolute Gasteiger partial charge is 0.275 e. The second-order valence-electron chi connectivity index (χ2n) is 5.73. The Bertz CT molecular complexity index is 892. The zero-order chi connectivity index (χ0) is 15.9. The summed E-state index contributed by atoms with van der Waals surface area (Å²) < 4.78 is 7.41. The van der Waals surface area contributed by atoms with Crippen LogP contribution in [0.1, 0.15) is 12.5 Å². The number of ether oxygens (including phenoxy) is 1. The number of aromatic nitrogens is 3. The summed E-state index contributed by atoms with van der Waals surface area (Å²) in [7, 11) is 0. The van der Waals surface area contributed by atoms with E-state index in [4.69, 9.17) is 4.74 Å². The Hall–Kier alpha value is -2.25. The Morgan fingerprint density at radius 3 is 2.87 bits per heavy atom. The normalized spacial score (nSPS) is 21.7. The molecule has 3 heterocycles. The fraction of sp³-hybridized carbons (Fsp3) is 0.312. The first-order chi connectivity index (χ1) is 11.2. The summed E-state index contributed by atoms with van der Waals surface area (Å²) >= 11 is 1.43. The van der Waals surface area contributed by atoms with Crippen molar-refractivity contribution in [3.8, 4) is 0 Å². The fourth-order valence-electron chi connectivity index (χ4n) is 2.86. The standard InChI is InChI=1S/C16H16N4O2S/c1-16(12-5-3-2-4-6-12)11-19(9-10-22-16)15-18-20-13(21)7-8-17-14(20)23-15/h2-8H,9-11H2,1H3. The molecule has 0 aliphatic carbocycles. The van der Waals surface area contributed by atoms with Gasteiger partial charge in [-0.1, -0.05) is 41.7 Å². The molecule has 1 atom stereocenters. The number of fused-ring (bicyclic) bond motifs is 1. The summed E-state index contributed by atoms with van der Waals surface area (Å²) in [6.07, 6.45) is 1.52. The lowest BCUT2D eigenvalue weighted by Crippen LogP contribution is -2.48. The van der Waals surface area contributed by atoms with Gasteiger partial charge in [-0.3, -0.25) is 4.79 Å². The van der Waals surface area contributed by atoms with Crippen LogP contribution in [-0.4, -0.2) is 34.3 Å². The molecule has 2 aromatic heterocycles. The minimum atomic E-state index is -0.393. The summed E-state index contributed by atoms with van der Waals surface area (Å²) in [6, 6.07) is 11.6. The van der Waals surface area contributed by atoms with Gasteiger partial charge in [0.05, 0.1) is 13.2 Å². The van der Waals surface area contributed by atoms with Crippen molar-refractivity contribution in [3.05, 3.63) is 58.5 Å². The molecule has 0 spiro atoms. The molecule has 118 valence electrons. The maximum Gasteiger partial charge on any atom is 0.275 e.